The first kappa shape index (κ1) is 27.6. The Morgan fingerprint density at radius 1 is 1.42 bits per heavy atom. The summed E-state index contributed by atoms with van der Waals surface area (Å²) in [6, 6.07) is -1.05. The van der Waals surface area contributed by atoms with Crippen LogP contribution in [-0.2, 0) is 27.3 Å². The van der Waals surface area contributed by atoms with Crippen LogP contribution in [0.3, 0.4) is 0 Å². The van der Waals surface area contributed by atoms with Gasteiger partial charge in [0.1, 0.15) is 6.23 Å². The van der Waals surface area contributed by atoms with Crippen LogP contribution in [-0.4, -0.2) is 57.7 Å². The van der Waals surface area contributed by atoms with Gasteiger partial charge in [-0.25, -0.2) is 4.79 Å². The Kier molecular flexibility index (Phi) is 8.02. The molecular weight excluding hydrogens is 516 g/mol. The van der Waals surface area contributed by atoms with Gasteiger partial charge in [-0.1, -0.05) is 5.11 Å². The van der Waals surface area contributed by atoms with Gasteiger partial charge in [0.05, 0.1) is 18.8 Å². The lowest BCUT2D eigenvalue weighted by Crippen LogP contribution is -2.33. The summed E-state index contributed by atoms with van der Waals surface area (Å²) < 4.78 is 78.0. The Morgan fingerprint density at radius 2 is 2.03 bits per heavy atom. The van der Waals surface area contributed by atoms with Gasteiger partial charge >= 0.3 is 18.7 Å². The van der Waals surface area contributed by atoms with Gasteiger partial charge in [-0.2, -0.15) is 8.78 Å². The SMILES string of the molecule is [B]P(=O)(OC[C@H]1O[C@@H](n2cc(C)c(=O)[nH]c2=O)C[C@@H]1N=[N+]=[N-])OP(C)(=O)C(F)(F)P(=O)(O)O. The zero-order valence-corrected chi connectivity index (χ0v) is 19.5. The number of alkyl halides is 2. The number of ether oxygens (including phenoxy) is 1. The molecule has 0 aromatic carbocycles. The maximum Gasteiger partial charge on any atom is 0.418 e. The largest absolute Gasteiger partial charge is 0.418 e. The molecule has 0 amide bonds. The fraction of sp³-hybridized carbons (Fsp3) is 0.667. The van der Waals surface area contributed by atoms with E-state index in [0.29, 0.717) is 0 Å². The highest BCUT2D eigenvalue weighted by Crippen LogP contribution is 2.77. The molecule has 1 fully saturated rings. The minimum Gasteiger partial charge on any atom is -0.352 e. The predicted octanol–water partition coefficient (Wildman–Crippen LogP) is 1.76. The first-order chi connectivity index (χ1) is 14.9. The van der Waals surface area contributed by atoms with Crippen molar-refractivity contribution in [3.05, 3.63) is 43.0 Å². The lowest BCUT2D eigenvalue weighted by Gasteiger charge is -2.27. The van der Waals surface area contributed by atoms with Gasteiger partial charge in [0, 0.05) is 29.8 Å². The summed E-state index contributed by atoms with van der Waals surface area (Å²) in [5.41, 5.74) is 7.39. The summed E-state index contributed by atoms with van der Waals surface area (Å²) in [5.74, 6) is 0. The molecule has 1 aliphatic rings. The number of nitrogens with zero attached hydrogens (tertiary/aromatic N) is 4. The number of rotatable bonds is 9. The molecule has 1 saturated heterocycles. The average molecular weight is 533 g/mol. The molecule has 33 heavy (non-hydrogen) atoms. The Bertz CT molecular complexity index is 1230. The van der Waals surface area contributed by atoms with Crippen molar-refractivity contribution in [1.82, 2.24) is 9.55 Å². The summed E-state index contributed by atoms with van der Waals surface area (Å²) in [6.07, 6.45) is -1.30. The zero-order valence-electron chi connectivity index (χ0n) is 16.8. The fourth-order valence-corrected chi connectivity index (χ4v) is 7.62. The summed E-state index contributed by atoms with van der Waals surface area (Å²) in [5, 5.41) is -1.77. The van der Waals surface area contributed by atoms with Crippen LogP contribution in [0.25, 0.3) is 10.4 Å². The Morgan fingerprint density at radius 3 is 2.58 bits per heavy atom. The minimum atomic E-state index is -6.28. The monoisotopic (exact) mass is 533 g/mol. The van der Waals surface area contributed by atoms with E-state index in [1.165, 1.54) is 13.1 Å². The molecule has 5 atom stereocenters. The number of aromatic nitrogens is 2. The van der Waals surface area contributed by atoms with Gasteiger partial charge in [-0.05, 0) is 12.5 Å². The van der Waals surface area contributed by atoms with Gasteiger partial charge < -0.3 is 19.0 Å². The number of hydrogen-bond donors (Lipinski definition) is 3. The van der Waals surface area contributed by atoms with Crippen LogP contribution in [0.4, 0.5) is 8.78 Å². The molecular formula is C12H17BF2N5O10P3. The first-order valence-corrected chi connectivity index (χ1v) is 14.0. The third-order valence-corrected chi connectivity index (χ3v) is 10.6. The normalized spacial score (nSPS) is 25.1. The van der Waals surface area contributed by atoms with Crippen LogP contribution in [0.5, 0.6) is 0 Å². The molecule has 2 unspecified atom stereocenters. The number of halogens is 2. The minimum absolute atomic E-state index is 0.116. The highest BCUT2D eigenvalue weighted by atomic mass is 31.3. The number of aromatic amines is 1. The van der Waals surface area contributed by atoms with Crippen LogP contribution < -0.4 is 11.2 Å². The van der Waals surface area contributed by atoms with Gasteiger partial charge in [0.25, 0.3) is 20.4 Å². The van der Waals surface area contributed by atoms with Crippen LogP contribution in [0.15, 0.2) is 20.9 Å². The molecule has 1 aromatic heterocycles. The number of azide groups is 1. The molecule has 2 heterocycles. The molecule has 0 spiro atoms. The fourth-order valence-electron chi connectivity index (χ4n) is 2.73. The van der Waals surface area contributed by atoms with E-state index in [-0.39, 0.29) is 18.6 Å². The van der Waals surface area contributed by atoms with Crippen molar-refractivity contribution < 1.29 is 45.8 Å². The lowest BCUT2D eigenvalue weighted by molar-refractivity contribution is -0.0230. The third kappa shape index (κ3) is 6.10. The quantitative estimate of drug-likeness (QED) is 0.137. The Labute approximate surface area is 184 Å². The van der Waals surface area contributed by atoms with Crippen molar-refractivity contribution in [1.29, 1.82) is 0 Å². The number of nitrogens with one attached hydrogen (secondary N) is 1. The second-order valence-corrected chi connectivity index (χ2v) is 13.2. The maximum absolute atomic E-state index is 13.8. The van der Waals surface area contributed by atoms with Crippen molar-refractivity contribution >= 4 is 30.0 Å². The molecule has 15 nitrogen and oxygen atoms in total. The smallest absolute Gasteiger partial charge is 0.352 e. The molecule has 1 aliphatic heterocycles. The molecule has 182 valence electrons. The van der Waals surface area contributed by atoms with Gasteiger partial charge in [-0.3, -0.25) is 32.4 Å². The number of hydrogen-bond acceptors (Lipinski definition) is 9. The van der Waals surface area contributed by atoms with Crippen LogP contribution in [0.1, 0.15) is 18.2 Å². The standard InChI is InChI=1S/C12H17BF2N5O10P3/c1-6-4-20(11(22)17-10(6)21)9-3-7(18-19-16)8(29-9)5-28-33(13,27)30-31(2,23)12(14,15)32(24,25)26/h4,7-9H,3,5H2,1-2H3,(H,17,21,22)(H2,24,25,26)/t7-,8+,9+,31?,33?/m0/s1. The summed E-state index contributed by atoms with van der Waals surface area (Å²) in [7, 11) is -11.9. The van der Waals surface area contributed by atoms with E-state index in [4.69, 9.17) is 32.1 Å². The van der Waals surface area contributed by atoms with Crippen molar-refractivity contribution in [2.24, 2.45) is 5.11 Å². The molecule has 2 rings (SSSR count). The van der Waals surface area contributed by atoms with Crippen molar-refractivity contribution in [2.75, 3.05) is 13.3 Å². The highest BCUT2D eigenvalue weighted by Gasteiger charge is 2.63. The molecule has 0 aliphatic carbocycles. The summed E-state index contributed by atoms with van der Waals surface area (Å²) >= 11 is 0. The molecule has 3 N–H and O–H groups in total. The first-order valence-electron chi connectivity index (χ1n) is 8.69. The third-order valence-electron chi connectivity index (χ3n) is 4.39. The Balaban J connectivity index is 2.19. The van der Waals surface area contributed by atoms with Gasteiger partial charge in [-0.15, -0.1) is 0 Å². The number of aryl methyl sites for hydroxylation is 1. The molecule has 21 heteroatoms. The van der Waals surface area contributed by atoms with Crippen LogP contribution in [0.2, 0.25) is 0 Å². The van der Waals surface area contributed by atoms with E-state index < -0.39 is 64.1 Å². The second-order valence-electron chi connectivity index (χ2n) is 6.93. The van der Waals surface area contributed by atoms with Crippen LogP contribution >= 0.6 is 22.4 Å². The Hall–Kier alpha value is -1.60. The van der Waals surface area contributed by atoms with Crippen LogP contribution in [0, 0.1) is 6.92 Å². The predicted molar refractivity (Wildman–Crippen MR) is 108 cm³/mol. The van der Waals surface area contributed by atoms with Gasteiger partial charge in [0.2, 0.25) is 7.57 Å². The maximum atomic E-state index is 13.8. The molecule has 2 radical (unpaired) electrons. The van der Waals surface area contributed by atoms with E-state index in [2.05, 4.69) is 14.3 Å². The second kappa shape index (κ2) is 9.57. The van der Waals surface area contributed by atoms with Crippen molar-refractivity contribution in [3.63, 3.8) is 0 Å². The van der Waals surface area contributed by atoms with E-state index in [9.17, 15) is 32.1 Å². The zero-order chi connectivity index (χ0) is 25.4. The van der Waals surface area contributed by atoms with E-state index in [1.807, 2.05) is 4.98 Å². The number of H-pyrrole nitrogens is 1. The summed E-state index contributed by atoms with van der Waals surface area (Å²) in [6.45, 7) is 0.686. The van der Waals surface area contributed by atoms with Gasteiger partial charge in [0.15, 0.2) is 0 Å². The molecule has 1 aromatic rings. The van der Waals surface area contributed by atoms with E-state index >= 15 is 0 Å². The van der Waals surface area contributed by atoms with Crippen molar-refractivity contribution in [2.45, 2.75) is 37.1 Å². The summed E-state index contributed by atoms with van der Waals surface area (Å²) in [4.78, 5) is 45.6. The van der Waals surface area contributed by atoms with Crippen molar-refractivity contribution in [3.8, 4) is 0 Å². The topological polar surface area (TPSA) is 223 Å². The van der Waals surface area contributed by atoms with E-state index in [1.54, 1.807) is 0 Å². The highest BCUT2D eigenvalue weighted by molar-refractivity contribution is 7.87. The molecule has 0 bridgehead atoms. The molecule has 0 saturated carbocycles. The lowest BCUT2D eigenvalue weighted by atomic mass is 10.1. The average Bonchev–Trinajstić information content (AvgIpc) is 3.04. The van der Waals surface area contributed by atoms with E-state index in [0.717, 1.165) is 4.57 Å².